The molecule has 0 radical (unpaired) electrons. The first kappa shape index (κ1) is 17.9. The van der Waals surface area contributed by atoms with Crippen molar-refractivity contribution in [3.8, 4) is 0 Å². The molecule has 1 fully saturated rings. The summed E-state index contributed by atoms with van der Waals surface area (Å²) in [5, 5.41) is 12.5. The Morgan fingerprint density at radius 1 is 1.07 bits per heavy atom. The lowest BCUT2D eigenvalue weighted by molar-refractivity contribution is -0.384. The van der Waals surface area contributed by atoms with E-state index in [0.29, 0.717) is 5.69 Å². The summed E-state index contributed by atoms with van der Waals surface area (Å²) in [6.07, 6.45) is 1.83. The lowest BCUT2D eigenvalue weighted by atomic mass is 10.1. The molecule has 0 spiro atoms. The van der Waals surface area contributed by atoms with Gasteiger partial charge >= 0.3 is 0 Å². The topological polar surface area (TPSA) is 62.5 Å². The molecule has 1 saturated heterocycles. The average Bonchev–Trinajstić information content (AvgIpc) is 2.69. The first-order valence-electron chi connectivity index (χ1n) is 8.86. The van der Waals surface area contributed by atoms with Crippen molar-refractivity contribution in [3.05, 3.63) is 74.9 Å². The first-order chi connectivity index (χ1) is 13.1. The highest BCUT2D eigenvalue weighted by molar-refractivity contribution is 9.10. The molecule has 138 valence electrons. The summed E-state index contributed by atoms with van der Waals surface area (Å²) in [4.78, 5) is 20.1. The number of anilines is 1. The van der Waals surface area contributed by atoms with Crippen LogP contribution in [-0.2, 0) is 6.54 Å². The highest BCUT2D eigenvalue weighted by Crippen LogP contribution is 2.32. The number of benzene rings is 2. The molecule has 0 amide bonds. The van der Waals surface area contributed by atoms with Gasteiger partial charge in [0.15, 0.2) is 0 Å². The third kappa shape index (κ3) is 3.79. The average molecular weight is 427 g/mol. The molecule has 2 aromatic carbocycles. The van der Waals surface area contributed by atoms with E-state index < -0.39 is 0 Å². The van der Waals surface area contributed by atoms with E-state index in [1.165, 1.54) is 5.56 Å². The zero-order chi connectivity index (χ0) is 18.8. The van der Waals surface area contributed by atoms with Gasteiger partial charge in [0.25, 0.3) is 5.69 Å². The molecule has 0 N–H and O–H groups in total. The Labute approximate surface area is 165 Å². The van der Waals surface area contributed by atoms with Crippen LogP contribution in [0.15, 0.2) is 59.2 Å². The Morgan fingerprint density at radius 3 is 2.63 bits per heavy atom. The fourth-order valence-corrected chi connectivity index (χ4v) is 3.94. The van der Waals surface area contributed by atoms with Crippen LogP contribution in [0.3, 0.4) is 0 Å². The van der Waals surface area contributed by atoms with Crippen LogP contribution >= 0.6 is 15.9 Å². The van der Waals surface area contributed by atoms with Crippen molar-refractivity contribution >= 4 is 38.2 Å². The van der Waals surface area contributed by atoms with Crippen molar-refractivity contribution in [2.24, 2.45) is 0 Å². The summed E-state index contributed by atoms with van der Waals surface area (Å²) in [6, 6.07) is 15.6. The molecule has 0 aliphatic carbocycles. The molecule has 27 heavy (non-hydrogen) atoms. The Bertz CT molecular complexity index is 981. The zero-order valence-electron chi connectivity index (χ0n) is 14.7. The van der Waals surface area contributed by atoms with Gasteiger partial charge in [0.2, 0.25) is 0 Å². The van der Waals surface area contributed by atoms with Crippen LogP contribution in [0.2, 0.25) is 0 Å². The van der Waals surface area contributed by atoms with Crippen LogP contribution in [0.4, 0.5) is 11.4 Å². The van der Waals surface area contributed by atoms with Crippen molar-refractivity contribution in [2.75, 3.05) is 31.1 Å². The Balaban J connectivity index is 1.47. The number of fused-ring (bicyclic) bond motifs is 1. The SMILES string of the molecule is O=[N+]([O-])c1cc(Br)ccc1N1CCN(Cc2cccc3cccnc23)CC1. The molecule has 1 aliphatic heterocycles. The molecule has 0 saturated carbocycles. The van der Waals surface area contributed by atoms with E-state index in [9.17, 15) is 10.1 Å². The standard InChI is InChI=1S/C20H19BrN4O2/c21-17-6-7-18(19(13-17)25(26)27)24-11-9-23(10-12-24)14-16-4-1-3-15-5-2-8-22-20(15)16/h1-8,13H,9-12,14H2. The summed E-state index contributed by atoms with van der Waals surface area (Å²) in [6.45, 7) is 4.08. The van der Waals surface area contributed by atoms with Crippen LogP contribution in [0.5, 0.6) is 0 Å². The number of nitro groups is 1. The summed E-state index contributed by atoms with van der Waals surface area (Å²) in [5.41, 5.74) is 3.10. The second-order valence-electron chi connectivity index (χ2n) is 6.65. The van der Waals surface area contributed by atoms with E-state index in [-0.39, 0.29) is 10.6 Å². The largest absolute Gasteiger partial charge is 0.363 e. The van der Waals surface area contributed by atoms with Gasteiger partial charge in [-0.25, -0.2) is 0 Å². The summed E-state index contributed by atoms with van der Waals surface area (Å²) >= 11 is 3.32. The molecule has 6 nitrogen and oxygen atoms in total. The van der Waals surface area contributed by atoms with E-state index in [2.05, 4.69) is 55.0 Å². The molecule has 1 aliphatic rings. The second kappa shape index (κ2) is 7.62. The number of pyridine rings is 1. The normalized spacial score (nSPS) is 15.2. The highest BCUT2D eigenvalue weighted by atomic mass is 79.9. The monoisotopic (exact) mass is 426 g/mol. The van der Waals surface area contributed by atoms with Crippen LogP contribution in [0.1, 0.15) is 5.56 Å². The van der Waals surface area contributed by atoms with E-state index >= 15 is 0 Å². The molecule has 3 aromatic rings. The maximum atomic E-state index is 11.4. The smallest absolute Gasteiger partial charge is 0.293 e. The Hall–Kier alpha value is -2.51. The van der Waals surface area contributed by atoms with Crippen LogP contribution in [0, 0.1) is 10.1 Å². The predicted octanol–water partition coefficient (Wildman–Crippen LogP) is 4.23. The number of nitro benzene ring substituents is 1. The zero-order valence-corrected chi connectivity index (χ0v) is 16.3. The van der Waals surface area contributed by atoms with Gasteiger partial charge in [0.05, 0.1) is 10.4 Å². The van der Waals surface area contributed by atoms with E-state index in [1.807, 2.05) is 24.4 Å². The van der Waals surface area contributed by atoms with Crippen molar-refractivity contribution in [2.45, 2.75) is 6.54 Å². The van der Waals surface area contributed by atoms with Crippen molar-refractivity contribution in [1.82, 2.24) is 9.88 Å². The second-order valence-corrected chi connectivity index (χ2v) is 7.56. The molecule has 7 heteroatoms. The molecule has 1 aromatic heterocycles. The van der Waals surface area contributed by atoms with E-state index in [4.69, 9.17) is 0 Å². The van der Waals surface area contributed by atoms with Crippen LogP contribution < -0.4 is 4.90 Å². The van der Waals surface area contributed by atoms with Gasteiger partial charge in [-0.2, -0.15) is 0 Å². The minimum absolute atomic E-state index is 0.149. The molecular formula is C20H19BrN4O2. The first-order valence-corrected chi connectivity index (χ1v) is 9.65. The minimum Gasteiger partial charge on any atom is -0.363 e. The number of para-hydroxylation sites is 1. The number of halogens is 1. The van der Waals surface area contributed by atoms with Gasteiger partial charge in [-0.15, -0.1) is 0 Å². The molecule has 2 heterocycles. The quantitative estimate of drug-likeness (QED) is 0.461. The summed E-state index contributed by atoms with van der Waals surface area (Å²) < 4.78 is 0.722. The van der Waals surface area contributed by atoms with Crippen molar-refractivity contribution in [1.29, 1.82) is 0 Å². The maximum absolute atomic E-state index is 11.4. The van der Waals surface area contributed by atoms with Gasteiger partial charge in [0, 0.05) is 54.8 Å². The number of nitrogens with zero attached hydrogens (tertiary/aromatic N) is 4. The van der Waals surface area contributed by atoms with Crippen LogP contribution in [0.25, 0.3) is 10.9 Å². The molecule has 0 atom stereocenters. The van der Waals surface area contributed by atoms with Crippen molar-refractivity contribution < 1.29 is 4.92 Å². The van der Waals surface area contributed by atoms with Crippen molar-refractivity contribution in [3.63, 3.8) is 0 Å². The number of aromatic nitrogens is 1. The molecule has 0 bridgehead atoms. The fourth-order valence-electron chi connectivity index (χ4n) is 3.59. The maximum Gasteiger partial charge on any atom is 0.293 e. The highest BCUT2D eigenvalue weighted by Gasteiger charge is 2.24. The van der Waals surface area contributed by atoms with E-state index in [1.54, 1.807) is 6.07 Å². The predicted molar refractivity (Wildman–Crippen MR) is 110 cm³/mol. The lowest BCUT2D eigenvalue weighted by Gasteiger charge is -2.35. The fraction of sp³-hybridized carbons (Fsp3) is 0.250. The minimum atomic E-state index is -0.311. The molecular weight excluding hydrogens is 408 g/mol. The number of rotatable bonds is 4. The Morgan fingerprint density at radius 2 is 1.85 bits per heavy atom. The van der Waals surface area contributed by atoms with Gasteiger partial charge in [-0.05, 0) is 23.8 Å². The molecule has 0 unspecified atom stereocenters. The van der Waals surface area contributed by atoms with Gasteiger partial charge in [0.1, 0.15) is 5.69 Å². The third-order valence-corrected chi connectivity index (χ3v) is 5.45. The van der Waals surface area contributed by atoms with Gasteiger partial charge in [-0.3, -0.25) is 20.0 Å². The van der Waals surface area contributed by atoms with Gasteiger partial charge < -0.3 is 4.90 Å². The Kier molecular flexibility index (Phi) is 5.05. The van der Waals surface area contributed by atoms with Crippen LogP contribution in [-0.4, -0.2) is 41.0 Å². The summed E-state index contributed by atoms with van der Waals surface area (Å²) in [7, 11) is 0. The van der Waals surface area contributed by atoms with Gasteiger partial charge in [-0.1, -0.05) is 40.2 Å². The molecule has 4 rings (SSSR count). The third-order valence-electron chi connectivity index (χ3n) is 4.96. The summed E-state index contributed by atoms with van der Waals surface area (Å²) in [5.74, 6) is 0. The van der Waals surface area contributed by atoms with E-state index in [0.717, 1.165) is 48.1 Å². The number of hydrogen-bond donors (Lipinski definition) is 0. The lowest BCUT2D eigenvalue weighted by Crippen LogP contribution is -2.46. The number of piperazine rings is 1. The number of hydrogen-bond acceptors (Lipinski definition) is 5.